The number of rotatable bonds is 0. The molecule has 0 aromatic rings. The summed E-state index contributed by atoms with van der Waals surface area (Å²) < 4.78 is 0. The van der Waals surface area contributed by atoms with Crippen LogP contribution in [0.1, 0.15) is 6.92 Å². The standard InChI is InChI=1S/C5H11N3/c1-2-3(6)5(8)4(2)7/h3,5H,6-8H2,1H3/t3-,5?/m0/s1. The van der Waals surface area contributed by atoms with Crippen molar-refractivity contribution < 1.29 is 0 Å². The van der Waals surface area contributed by atoms with E-state index in [4.69, 9.17) is 17.2 Å². The van der Waals surface area contributed by atoms with Crippen molar-refractivity contribution in [2.24, 2.45) is 17.2 Å². The first kappa shape index (κ1) is 5.59. The summed E-state index contributed by atoms with van der Waals surface area (Å²) in [7, 11) is 0. The quantitative estimate of drug-likeness (QED) is 0.372. The third-order valence-electron chi connectivity index (χ3n) is 1.70. The van der Waals surface area contributed by atoms with Gasteiger partial charge < -0.3 is 17.2 Å². The molecule has 0 bridgehead atoms. The van der Waals surface area contributed by atoms with E-state index >= 15 is 0 Å². The molecule has 0 fully saturated rings. The molecule has 3 heteroatoms. The van der Waals surface area contributed by atoms with Crippen LogP contribution in [-0.4, -0.2) is 12.1 Å². The fraction of sp³-hybridized carbons (Fsp3) is 0.600. The van der Waals surface area contributed by atoms with Gasteiger partial charge in [0.1, 0.15) is 0 Å². The Morgan fingerprint density at radius 3 is 1.88 bits per heavy atom. The predicted octanol–water partition coefficient (Wildman–Crippen LogP) is -1.11. The lowest BCUT2D eigenvalue weighted by atomic mass is 9.86. The highest BCUT2D eigenvalue weighted by atomic mass is 14.9. The van der Waals surface area contributed by atoms with Crippen LogP contribution in [0.25, 0.3) is 0 Å². The van der Waals surface area contributed by atoms with Crippen molar-refractivity contribution in [1.29, 1.82) is 0 Å². The van der Waals surface area contributed by atoms with Crippen LogP contribution in [0, 0.1) is 0 Å². The van der Waals surface area contributed by atoms with E-state index in [1.165, 1.54) is 0 Å². The van der Waals surface area contributed by atoms with Crippen LogP contribution >= 0.6 is 0 Å². The number of nitrogens with two attached hydrogens (primary N) is 3. The Bertz CT molecular complexity index is 123. The van der Waals surface area contributed by atoms with Crippen molar-refractivity contribution in [3.05, 3.63) is 11.3 Å². The van der Waals surface area contributed by atoms with E-state index in [9.17, 15) is 0 Å². The van der Waals surface area contributed by atoms with Crippen molar-refractivity contribution >= 4 is 0 Å². The van der Waals surface area contributed by atoms with E-state index in [0.29, 0.717) is 0 Å². The van der Waals surface area contributed by atoms with Gasteiger partial charge in [-0.25, -0.2) is 0 Å². The summed E-state index contributed by atoms with van der Waals surface area (Å²) in [5.74, 6) is 0. The zero-order valence-corrected chi connectivity index (χ0v) is 4.89. The van der Waals surface area contributed by atoms with E-state index in [-0.39, 0.29) is 12.1 Å². The Labute approximate surface area is 48.5 Å². The van der Waals surface area contributed by atoms with E-state index in [1.54, 1.807) is 0 Å². The van der Waals surface area contributed by atoms with Crippen molar-refractivity contribution in [2.75, 3.05) is 0 Å². The van der Waals surface area contributed by atoms with E-state index < -0.39 is 0 Å². The van der Waals surface area contributed by atoms with E-state index in [0.717, 1.165) is 11.3 Å². The fourth-order valence-electron chi connectivity index (χ4n) is 0.822. The van der Waals surface area contributed by atoms with E-state index in [1.807, 2.05) is 6.92 Å². The molecular weight excluding hydrogens is 102 g/mol. The van der Waals surface area contributed by atoms with Gasteiger partial charge in [0, 0.05) is 11.7 Å². The minimum absolute atomic E-state index is 0.00926. The lowest BCUT2D eigenvalue weighted by Crippen LogP contribution is -2.54. The van der Waals surface area contributed by atoms with Gasteiger partial charge in [0.2, 0.25) is 0 Å². The highest BCUT2D eigenvalue weighted by Gasteiger charge is 2.29. The fourth-order valence-corrected chi connectivity index (χ4v) is 0.822. The first-order valence-corrected chi connectivity index (χ1v) is 2.62. The Balaban J connectivity index is 2.74. The van der Waals surface area contributed by atoms with Crippen LogP contribution in [0.2, 0.25) is 0 Å². The highest BCUT2D eigenvalue weighted by molar-refractivity contribution is 5.34. The monoisotopic (exact) mass is 113 g/mol. The molecule has 1 rings (SSSR count). The zero-order chi connectivity index (χ0) is 6.31. The molecule has 0 aliphatic heterocycles. The largest absolute Gasteiger partial charge is 0.401 e. The van der Waals surface area contributed by atoms with Gasteiger partial charge in [-0.15, -0.1) is 0 Å². The highest BCUT2D eigenvalue weighted by Crippen LogP contribution is 2.19. The van der Waals surface area contributed by atoms with Crippen LogP contribution in [0.4, 0.5) is 0 Å². The third-order valence-corrected chi connectivity index (χ3v) is 1.70. The number of hydrogen-bond acceptors (Lipinski definition) is 3. The second kappa shape index (κ2) is 1.47. The predicted molar refractivity (Wildman–Crippen MR) is 32.8 cm³/mol. The Kier molecular flexibility index (Phi) is 1.03. The lowest BCUT2D eigenvalue weighted by Gasteiger charge is -2.32. The van der Waals surface area contributed by atoms with Crippen molar-refractivity contribution in [2.45, 2.75) is 19.0 Å². The van der Waals surface area contributed by atoms with Gasteiger partial charge in [-0.05, 0) is 12.5 Å². The van der Waals surface area contributed by atoms with Gasteiger partial charge in [0.15, 0.2) is 0 Å². The number of hydrogen-bond donors (Lipinski definition) is 3. The van der Waals surface area contributed by atoms with Crippen LogP contribution < -0.4 is 17.2 Å². The summed E-state index contributed by atoms with van der Waals surface area (Å²) in [4.78, 5) is 0. The second-order valence-corrected chi connectivity index (χ2v) is 2.19. The van der Waals surface area contributed by atoms with Crippen LogP contribution in [0.15, 0.2) is 11.3 Å². The van der Waals surface area contributed by atoms with Crippen LogP contribution in [-0.2, 0) is 0 Å². The Morgan fingerprint density at radius 2 is 1.75 bits per heavy atom. The zero-order valence-electron chi connectivity index (χ0n) is 4.89. The maximum atomic E-state index is 5.49. The molecule has 1 aliphatic carbocycles. The smallest absolute Gasteiger partial charge is 0.0635 e. The van der Waals surface area contributed by atoms with Crippen LogP contribution in [0.5, 0.6) is 0 Å². The minimum Gasteiger partial charge on any atom is -0.401 e. The van der Waals surface area contributed by atoms with Gasteiger partial charge in [0.25, 0.3) is 0 Å². The van der Waals surface area contributed by atoms with Gasteiger partial charge >= 0.3 is 0 Å². The van der Waals surface area contributed by atoms with Gasteiger partial charge in [-0.3, -0.25) is 0 Å². The molecule has 0 heterocycles. The molecule has 8 heavy (non-hydrogen) atoms. The molecule has 0 aromatic heterocycles. The normalized spacial score (nSPS) is 37.4. The van der Waals surface area contributed by atoms with Gasteiger partial charge in [0.05, 0.1) is 6.04 Å². The molecule has 0 amide bonds. The summed E-state index contributed by atoms with van der Waals surface area (Å²) in [6, 6.07) is -0.0787. The molecule has 0 spiro atoms. The Hall–Kier alpha value is -0.540. The maximum Gasteiger partial charge on any atom is 0.0635 e. The Morgan fingerprint density at radius 1 is 1.25 bits per heavy atom. The SMILES string of the molecule is CC1=C(N)C(N)[C@H]1N. The van der Waals surface area contributed by atoms with Crippen molar-refractivity contribution in [1.82, 2.24) is 0 Å². The second-order valence-electron chi connectivity index (χ2n) is 2.19. The summed E-state index contributed by atoms with van der Waals surface area (Å²) >= 11 is 0. The molecule has 0 aromatic carbocycles. The third kappa shape index (κ3) is 0.454. The molecule has 1 unspecified atom stereocenters. The molecular formula is C5H11N3. The lowest BCUT2D eigenvalue weighted by molar-refractivity contribution is 0.558. The average Bonchev–Trinajstić information content (AvgIpc) is 1.83. The van der Waals surface area contributed by atoms with Crippen LogP contribution in [0.3, 0.4) is 0 Å². The molecule has 0 radical (unpaired) electrons. The average molecular weight is 113 g/mol. The molecule has 0 saturated carbocycles. The first-order valence-electron chi connectivity index (χ1n) is 2.62. The summed E-state index contributed by atoms with van der Waals surface area (Å²) in [6.45, 7) is 1.91. The summed E-state index contributed by atoms with van der Waals surface area (Å²) in [5.41, 5.74) is 18.2. The minimum atomic E-state index is -0.0880. The van der Waals surface area contributed by atoms with Gasteiger partial charge in [-0.2, -0.15) is 0 Å². The summed E-state index contributed by atoms with van der Waals surface area (Å²) in [5, 5.41) is 0. The molecule has 0 saturated heterocycles. The molecule has 3 nitrogen and oxygen atoms in total. The molecule has 46 valence electrons. The molecule has 1 aliphatic rings. The first-order chi connectivity index (χ1) is 3.64. The molecule has 6 N–H and O–H groups in total. The topological polar surface area (TPSA) is 78.1 Å². The summed E-state index contributed by atoms with van der Waals surface area (Å²) in [6.07, 6.45) is 0. The maximum absolute atomic E-state index is 5.49. The van der Waals surface area contributed by atoms with E-state index in [2.05, 4.69) is 0 Å². The van der Waals surface area contributed by atoms with Crippen molar-refractivity contribution in [3.8, 4) is 0 Å². The molecule has 2 atom stereocenters. The van der Waals surface area contributed by atoms with Crippen molar-refractivity contribution in [3.63, 3.8) is 0 Å². The van der Waals surface area contributed by atoms with Gasteiger partial charge in [-0.1, -0.05) is 0 Å².